The lowest BCUT2D eigenvalue weighted by molar-refractivity contribution is -0.137. The van der Waals surface area contributed by atoms with Crippen LogP contribution in [0.5, 0.6) is 5.75 Å². The van der Waals surface area contributed by atoms with Gasteiger partial charge in [-0.05, 0) is 36.6 Å². The fraction of sp³-hybridized carbons (Fsp3) is 0.350. The van der Waals surface area contributed by atoms with Crippen LogP contribution in [-0.4, -0.2) is 27.7 Å². The van der Waals surface area contributed by atoms with Crippen molar-refractivity contribution in [3.05, 3.63) is 45.3 Å². The minimum atomic E-state index is -0.861. The van der Waals surface area contributed by atoms with Gasteiger partial charge in [-0.15, -0.1) is 11.3 Å². The molecule has 0 bridgehead atoms. The molecular weight excluding hydrogens is 364 g/mol. The third kappa shape index (κ3) is 3.73. The third-order valence-electron chi connectivity index (χ3n) is 4.57. The Balaban J connectivity index is 2.12. The first-order valence-corrected chi connectivity index (χ1v) is 9.72. The maximum Gasteiger partial charge on any atom is 0.303 e. The minimum absolute atomic E-state index is 0.0296. The molecule has 27 heavy (non-hydrogen) atoms. The molecule has 0 amide bonds. The fourth-order valence-electron chi connectivity index (χ4n) is 3.21. The average molecular weight is 386 g/mol. The number of aromatic nitrogens is 2. The Labute approximate surface area is 161 Å². The van der Waals surface area contributed by atoms with Crippen LogP contribution in [0.25, 0.3) is 21.3 Å². The van der Waals surface area contributed by atoms with E-state index in [1.165, 1.54) is 11.3 Å². The van der Waals surface area contributed by atoms with Crippen molar-refractivity contribution in [3.63, 3.8) is 0 Å². The molecule has 6 nitrogen and oxygen atoms in total. The molecule has 0 spiro atoms. The van der Waals surface area contributed by atoms with Gasteiger partial charge in [-0.3, -0.25) is 14.2 Å². The van der Waals surface area contributed by atoms with Gasteiger partial charge in [0.15, 0.2) is 0 Å². The molecule has 1 N–H and O–H groups in total. The summed E-state index contributed by atoms with van der Waals surface area (Å²) in [5.41, 5.74) is 2.69. The predicted molar refractivity (Wildman–Crippen MR) is 107 cm³/mol. The van der Waals surface area contributed by atoms with E-state index in [1.807, 2.05) is 37.4 Å². The normalized spacial score (nSPS) is 11.1. The summed E-state index contributed by atoms with van der Waals surface area (Å²) in [6.45, 7) is 4.27. The van der Waals surface area contributed by atoms with Crippen LogP contribution < -0.4 is 10.3 Å². The van der Waals surface area contributed by atoms with E-state index in [0.717, 1.165) is 27.3 Å². The standard InChI is InChI=1S/C20H22N2O4S/c1-4-16-21-19-18(20(25)22(16)9-5-6-17(23)24)14(11-27-19)13-7-8-15(26-3)12(2)10-13/h7-8,10-11H,4-6,9H2,1-3H3,(H,23,24). The number of benzene rings is 1. The highest BCUT2D eigenvalue weighted by Crippen LogP contribution is 2.33. The Morgan fingerprint density at radius 1 is 1.37 bits per heavy atom. The van der Waals surface area contributed by atoms with Crippen LogP contribution in [0.1, 0.15) is 31.2 Å². The summed E-state index contributed by atoms with van der Waals surface area (Å²) in [7, 11) is 1.63. The highest BCUT2D eigenvalue weighted by Gasteiger charge is 2.17. The third-order valence-corrected chi connectivity index (χ3v) is 5.44. The summed E-state index contributed by atoms with van der Waals surface area (Å²) in [5, 5.41) is 11.4. The molecule has 2 heterocycles. The highest BCUT2D eigenvalue weighted by molar-refractivity contribution is 7.17. The second-order valence-electron chi connectivity index (χ2n) is 6.35. The summed E-state index contributed by atoms with van der Waals surface area (Å²) in [5.74, 6) is 0.632. The van der Waals surface area contributed by atoms with Crippen LogP contribution in [0.3, 0.4) is 0 Å². The monoisotopic (exact) mass is 386 g/mol. The summed E-state index contributed by atoms with van der Waals surface area (Å²) in [6, 6.07) is 5.84. The first-order valence-electron chi connectivity index (χ1n) is 8.84. The molecule has 0 unspecified atom stereocenters. The zero-order chi connectivity index (χ0) is 19.6. The van der Waals surface area contributed by atoms with Crippen LogP contribution in [0.15, 0.2) is 28.4 Å². The van der Waals surface area contributed by atoms with E-state index in [-0.39, 0.29) is 12.0 Å². The van der Waals surface area contributed by atoms with Crippen LogP contribution in [0, 0.1) is 6.92 Å². The van der Waals surface area contributed by atoms with Crippen LogP contribution in [-0.2, 0) is 17.8 Å². The van der Waals surface area contributed by atoms with Crippen molar-refractivity contribution in [2.75, 3.05) is 7.11 Å². The van der Waals surface area contributed by atoms with Gasteiger partial charge < -0.3 is 9.84 Å². The van der Waals surface area contributed by atoms with Gasteiger partial charge in [0, 0.05) is 30.3 Å². The number of fused-ring (bicyclic) bond motifs is 1. The quantitative estimate of drug-likeness (QED) is 0.667. The van der Waals surface area contributed by atoms with Gasteiger partial charge in [0.25, 0.3) is 5.56 Å². The molecule has 0 atom stereocenters. The van der Waals surface area contributed by atoms with E-state index >= 15 is 0 Å². The number of carboxylic acid groups (broad SMARTS) is 1. The molecule has 0 aliphatic heterocycles. The van der Waals surface area contributed by atoms with E-state index in [2.05, 4.69) is 4.98 Å². The Morgan fingerprint density at radius 3 is 2.78 bits per heavy atom. The Morgan fingerprint density at radius 2 is 2.15 bits per heavy atom. The number of aliphatic carboxylic acids is 1. The molecule has 0 aliphatic rings. The average Bonchev–Trinajstić information content (AvgIpc) is 3.07. The largest absolute Gasteiger partial charge is 0.496 e. The number of nitrogens with zero attached hydrogens (tertiary/aromatic N) is 2. The number of carbonyl (C=O) groups is 1. The second-order valence-corrected chi connectivity index (χ2v) is 7.21. The van der Waals surface area contributed by atoms with Gasteiger partial charge in [0.2, 0.25) is 0 Å². The number of methoxy groups -OCH3 is 1. The first-order chi connectivity index (χ1) is 13.0. The van der Waals surface area contributed by atoms with Gasteiger partial charge in [0.1, 0.15) is 16.4 Å². The molecule has 0 saturated heterocycles. The fourth-order valence-corrected chi connectivity index (χ4v) is 4.17. The van der Waals surface area contributed by atoms with Crippen LogP contribution in [0.4, 0.5) is 0 Å². The van der Waals surface area contributed by atoms with E-state index in [0.29, 0.717) is 30.6 Å². The number of aryl methyl sites for hydroxylation is 2. The van der Waals surface area contributed by atoms with E-state index in [9.17, 15) is 9.59 Å². The number of ether oxygens (including phenoxy) is 1. The van der Waals surface area contributed by atoms with Crippen molar-refractivity contribution in [3.8, 4) is 16.9 Å². The van der Waals surface area contributed by atoms with Crippen molar-refractivity contribution >= 4 is 27.5 Å². The van der Waals surface area contributed by atoms with E-state index < -0.39 is 5.97 Å². The van der Waals surface area contributed by atoms with Crippen molar-refractivity contribution in [1.29, 1.82) is 0 Å². The Bertz CT molecular complexity index is 1050. The number of hydrogen-bond acceptors (Lipinski definition) is 5. The lowest BCUT2D eigenvalue weighted by atomic mass is 10.0. The number of hydrogen-bond donors (Lipinski definition) is 1. The van der Waals surface area contributed by atoms with Crippen LogP contribution in [0.2, 0.25) is 0 Å². The highest BCUT2D eigenvalue weighted by atomic mass is 32.1. The smallest absolute Gasteiger partial charge is 0.303 e. The van der Waals surface area contributed by atoms with Gasteiger partial charge in [-0.1, -0.05) is 13.0 Å². The summed E-state index contributed by atoms with van der Waals surface area (Å²) < 4.78 is 6.94. The molecule has 0 saturated carbocycles. The zero-order valence-electron chi connectivity index (χ0n) is 15.6. The molecule has 1 aromatic carbocycles. The molecular formula is C20H22N2O4S. The maximum absolute atomic E-state index is 13.2. The topological polar surface area (TPSA) is 81.4 Å². The van der Waals surface area contributed by atoms with Crippen molar-refractivity contribution in [2.45, 2.75) is 39.7 Å². The molecule has 142 valence electrons. The molecule has 0 radical (unpaired) electrons. The second kappa shape index (κ2) is 7.92. The maximum atomic E-state index is 13.2. The van der Waals surface area contributed by atoms with Gasteiger partial charge >= 0.3 is 5.97 Å². The lowest BCUT2D eigenvalue weighted by Gasteiger charge is -2.11. The number of carboxylic acids is 1. The molecule has 3 rings (SSSR count). The summed E-state index contributed by atoms with van der Waals surface area (Å²) >= 11 is 1.46. The molecule has 2 aromatic heterocycles. The van der Waals surface area contributed by atoms with Crippen molar-refractivity contribution < 1.29 is 14.6 Å². The first kappa shape index (κ1) is 19.1. The minimum Gasteiger partial charge on any atom is -0.496 e. The zero-order valence-corrected chi connectivity index (χ0v) is 16.4. The Hall–Kier alpha value is -2.67. The molecule has 0 aliphatic carbocycles. The molecule has 3 aromatic rings. The Kier molecular flexibility index (Phi) is 5.60. The van der Waals surface area contributed by atoms with Crippen molar-refractivity contribution in [2.24, 2.45) is 0 Å². The number of thiophene rings is 1. The van der Waals surface area contributed by atoms with Gasteiger partial charge in [-0.2, -0.15) is 0 Å². The SMILES string of the molecule is CCc1nc2scc(-c3ccc(OC)c(C)c3)c2c(=O)n1CCCC(=O)O. The number of rotatable bonds is 7. The van der Waals surface area contributed by atoms with Gasteiger partial charge in [0.05, 0.1) is 12.5 Å². The van der Waals surface area contributed by atoms with E-state index in [1.54, 1.807) is 11.7 Å². The summed E-state index contributed by atoms with van der Waals surface area (Å²) in [4.78, 5) is 29.4. The van der Waals surface area contributed by atoms with Crippen molar-refractivity contribution in [1.82, 2.24) is 9.55 Å². The van der Waals surface area contributed by atoms with E-state index in [4.69, 9.17) is 9.84 Å². The summed E-state index contributed by atoms with van der Waals surface area (Å²) in [6.07, 6.45) is 1.05. The van der Waals surface area contributed by atoms with Crippen LogP contribution >= 0.6 is 11.3 Å². The lowest BCUT2D eigenvalue weighted by Crippen LogP contribution is -2.25. The van der Waals surface area contributed by atoms with Gasteiger partial charge in [-0.25, -0.2) is 4.98 Å². The molecule has 7 heteroatoms. The predicted octanol–water partition coefficient (Wildman–Crippen LogP) is 3.87. The molecule has 0 fully saturated rings.